The molecule has 3 aromatic carbocycles. The summed E-state index contributed by atoms with van der Waals surface area (Å²) in [6.45, 7) is 2.08. The van der Waals surface area contributed by atoms with Crippen molar-refractivity contribution in [2.45, 2.75) is 44.9 Å². The second-order valence-electron chi connectivity index (χ2n) is 8.03. The van der Waals surface area contributed by atoms with Gasteiger partial charge < -0.3 is 0 Å². The molecule has 0 N–H and O–H groups in total. The Bertz CT molecular complexity index is 1160. The molecule has 4 heteroatoms. The molecule has 1 aliphatic carbocycles. The lowest BCUT2D eigenvalue weighted by Gasteiger charge is -2.25. The maximum atomic E-state index is 14.6. The third-order valence-corrected chi connectivity index (χ3v) is 5.81. The van der Waals surface area contributed by atoms with Crippen LogP contribution in [0, 0.1) is 35.1 Å². The average molecular weight is 422 g/mol. The summed E-state index contributed by atoms with van der Waals surface area (Å²) in [5, 5.41) is 0. The lowest BCUT2D eigenvalue weighted by molar-refractivity contribution is 0.446. The third kappa shape index (κ3) is 4.66. The van der Waals surface area contributed by atoms with Gasteiger partial charge in [-0.15, -0.1) is 0 Å². The molecule has 3 aromatic rings. The van der Waals surface area contributed by atoms with E-state index in [-0.39, 0.29) is 17.3 Å². The standard InChI is InChI=1S/C27H22F4/c1-2-3-17-7-11-23(24(28)13-17)22-10-9-20-12-18(6-8-21(20)16-22)4-5-19-14-25(29)27(31)26(30)15-19/h6-8,11-15,22H,2-3,9-10,16H2,1H3. The number of hydrogen-bond acceptors (Lipinski definition) is 0. The quantitative estimate of drug-likeness (QED) is 0.246. The molecule has 1 atom stereocenters. The van der Waals surface area contributed by atoms with Crippen LogP contribution >= 0.6 is 0 Å². The monoisotopic (exact) mass is 422 g/mol. The zero-order valence-corrected chi connectivity index (χ0v) is 17.2. The SMILES string of the molecule is CCCc1ccc(C2CCc3cc(C#Cc4cc(F)c(F)c(F)c4)ccc3C2)c(F)c1. The molecule has 0 spiro atoms. The topological polar surface area (TPSA) is 0 Å². The van der Waals surface area contributed by atoms with Crippen LogP contribution in [0.2, 0.25) is 0 Å². The van der Waals surface area contributed by atoms with Crippen LogP contribution in [-0.2, 0) is 19.3 Å². The fraction of sp³-hybridized carbons (Fsp3) is 0.259. The Morgan fingerprint density at radius 3 is 2.26 bits per heavy atom. The highest BCUT2D eigenvalue weighted by Crippen LogP contribution is 2.34. The molecule has 1 unspecified atom stereocenters. The van der Waals surface area contributed by atoms with Gasteiger partial charge >= 0.3 is 0 Å². The van der Waals surface area contributed by atoms with Crippen molar-refractivity contribution in [2.24, 2.45) is 0 Å². The van der Waals surface area contributed by atoms with Crippen molar-refractivity contribution in [3.8, 4) is 11.8 Å². The molecular formula is C27H22F4. The molecule has 0 aromatic heterocycles. The zero-order valence-electron chi connectivity index (χ0n) is 17.2. The van der Waals surface area contributed by atoms with Gasteiger partial charge in [0.05, 0.1) is 0 Å². The molecule has 31 heavy (non-hydrogen) atoms. The number of halogens is 4. The smallest absolute Gasteiger partial charge is 0.194 e. The molecular weight excluding hydrogens is 400 g/mol. The van der Waals surface area contributed by atoms with Crippen molar-refractivity contribution in [1.82, 2.24) is 0 Å². The van der Waals surface area contributed by atoms with Crippen LogP contribution in [0.25, 0.3) is 0 Å². The summed E-state index contributed by atoms with van der Waals surface area (Å²) in [4.78, 5) is 0. The van der Waals surface area contributed by atoms with E-state index in [0.29, 0.717) is 0 Å². The molecule has 0 amide bonds. The van der Waals surface area contributed by atoms with Crippen molar-refractivity contribution in [3.63, 3.8) is 0 Å². The Morgan fingerprint density at radius 1 is 0.806 bits per heavy atom. The first-order valence-corrected chi connectivity index (χ1v) is 10.5. The Balaban J connectivity index is 1.52. The minimum Gasteiger partial charge on any atom is -0.207 e. The first kappa shape index (κ1) is 21.2. The van der Waals surface area contributed by atoms with Gasteiger partial charge in [0, 0.05) is 11.1 Å². The number of hydrogen-bond donors (Lipinski definition) is 0. The van der Waals surface area contributed by atoms with Crippen LogP contribution in [0.4, 0.5) is 17.6 Å². The van der Waals surface area contributed by atoms with Gasteiger partial charge in [0.15, 0.2) is 17.5 Å². The molecule has 0 fully saturated rings. The normalized spacial score (nSPS) is 15.2. The van der Waals surface area contributed by atoms with Crippen LogP contribution in [0.5, 0.6) is 0 Å². The Labute approximate surface area is 179 Å². The van der Waals surface area contributed by atoms with Crippen LogP contribution in [-0.4, -0.2) is 0 Å². The van der Waals surface area contributed by atoms with Gasteiger partial charge in [-0.1, -0.05) is 43.4 Å². The van der Waals surface area contributed by atoms with E-state index >= 15 is 0 Å². The van der Waals surface area contributed by atoms with E-state index in [9.17, 15) is 17.6 Å². The van der Waals surface area contributed by atoms with Crippen molar-refractivity contribution in [3.05, 3.63) is 105 Å². The van der Waals surface area contributed by atoms with Crippen LogP contribution < -0.4 is 0 Å². The Hall–Kier alpha value is -3.06. The van der Waals surface area contributed by atoms with Crippen molar-refractivity contribution < 1.29 is 17.6 Å². The van der Waals surface area contributed by atoms with Gasteiger partial charge in [0.2, 0.25) is 0 Å². The molecule has 0 aliphatic heterocycles. The summed E-state index contributed by atoms with van der Waals surface area (Å²) in [6.07, 6.45) is 4.30. The molecule has 158 valence electrons. The molecule has 0 saturated carbocycles. The van der Waals surface area contributed by atoms with E-state index in [0.717, 1.165) is 72.1 Å². The molecule has 0 nitrogen and oxygen atoms in total. The first-order valence-electron chi connectivity index (χ1n) is 10.5. The highest BCUT2D eigenvalue weighted by atomic mass is 19.2. The van der Waals surface area contributed by atoms with Crippen LogP contribution in [0.15, 0.2) is 48.5 Å². The van der Waals surface area contributed by atoms with Gasteiger partial charge in [0.25, 0.3) is 0 Å². The number of benzene rings is 3. The minimum absolute atomic E-state index is 0.0798. The predicted octanol–water partition coefficient (Wildman–Crippen LogP) is 6.87. The second-order valence-corrected chi connectivity index (χ2v) is 8.03. The molecule has 0 saturated heterocycles. The van der Waals surface area contributed by atoms with Gasteiger partial charge in [-0.05, 0) is 84.2 Å². The van der Waals surface area contributed by atoms with Crippen LogP contribution in [0.1, 0.15) is 59.1 Å². The van der Waals surface area contributed by atoms with Crippen molar-refractivity contribution in [1.29, 1.82) is 0 Å². The van der Waals surface area contributed by atoms with Crippen molar-refractivity contribution >= 4 is 0 Å². The average Bonchev–Trinajstić information content (AvgIpc) is 2.76. The number of aryl methyl sites for hydroxylation is 2. The molecule has 0 radical (unpaired) electrons. The summed E-state index contributed by atoms with van der Waals surface area (Å²) in [6, 6.07) is 13.2. The van der Waals surface area contributed by atoms with Gasteiger partial charge in [-0.25, -0.2) is 17.6 Å². The highest BCUT2D eigenvalue weighted by Gasteiger charge is 2.22. The Kier molecular flexibility index (Phi) is 6.13. The second kappa shape index (κ2) is 8.98. The van der Waals surface area contributed by atoms with Gasteiger partial charge in [-0.2, -0.15) is 0 Å². The largest absolute Gasteiger partial charge is 0.207 e. The van der Waals surface area contributed by atoms with E-state index in [2.05, 4.69) is 18.8 Å². The highest BCUT2D eigenvalue weighted by molar-refractivity contribution is 5.47. The van der Waals surface area contributed by atoms with Gasteiger partial charge in [0.1, 0.15) is 5.82 Å². The zero-order chi connectivity index (χ0) is 22.0. The molecule has 0 bridgehead atoms. The predicted molar refractivity (Wildman–Crippen MR) is 114 cm³/mol. The fourth-order valence-corrected chi connectivity index (χ4v) is 4.22. The van der Waals surface area contributed by atoms with E-state index in [1.165, 1.54) is 0 Å². The summed E-state index contributed by atoms with van der Waals surface area (Å²) in [7, 11) is 0. The fourth-order valence-electron chi connectivity index (χ4n) is 4.22. The maximum Gasteiger partial charge on any atom is 0.194 e. The maximum absolute atomic E-state index is 14.6. The third-order valence-electron chi connectivity index (χ3n) is 5.81. The first-order chi connectivity index (χ1) is 14.9. The summed E-state index contributed by atoms with van der Waals surface area (Å²) in [5.74, 6) is 1.59. The van der Waals surface area contributed by atoms with E-state index in [1.807, 2.05) is 30.3 Å². The number of fused-ring (bicyclic) bond motifs is 1. The lowest BCUT2D eigenvalue weighted by atomic mass is 9.79. The summed E-state index contributed by atoms with van der Waals surface area (Å²) >= 11 is 0. The molecule has 0 heterocycles. The number of rotatable bonds is 3. The Morgan fingerprint density at radius 2 is 1.55 bits per heavy atom. The van der Waals surface area contributed by atoms with Crippen molar-refractivity contribution in [2.75, 3.05) is 0 Å². The molecule has 1 aliphatic rings. The minimum atomic E-state index is -1.50. The summed E-state index contributed by atoms with van der Waals surface area (Å²) < 4.78 is 54.4. The van der Waals surface area contributed by atoms with Gasteiger partial charge in [-0.3, -0.25) is 0 Å². The lowest BCUT2D eigenvalue weighted by Crippen LogP contribution is -2.14. The summed E-state index contributed by atoms with van der Waals surface area (Å²) in [5.41, 5.74) is 4.92. The van der Waals surface area contributed by atoms with Crippen LogP contribution in [0.3, 0.4) is 0 Å². The molecule has 4 rings (SSSR count). The van der Waals surface area contributed by atoms with E-state index in [4.69, 9.17) is 0 Å². The van der Waals surface area contributed by atoms with E-state index < -0.39 is 17.5 Å². The van der Waals surface area contributed by atoms with E-state index in [1.54, 1.807) is 6.07 Å².